The van der Waals surface area contributed by atoms with Gasteiger partial charge in [-0.25, -0.2) is 0 Å². The Morgan fingerprint density at radius 3 is 2.92 bits per heavy atom. The van der Waals surface area contributed by atoms with Crippen LogP contribution in [0.1, 0.15) is 25.7 Å². The fourth-order valence-corrected chi connectivity index (χ4v) is 0.842. The predicted molar refractivity (Wildman–Crippen MR) is 49.6 cm³/mol. The summed E-state index contributed by atoms with van der Waals surface area (Å²) in [4.78, 5) is 10.8. The van der Waals surface area contributed by atoms with E-state index in [1.165, 1.54) is 0 Å². The van der Waals surface area contributed by atoms with Crippen molar-refractivity contribution >= 4 is 5.97 Å². The molecule has 1 atom stereocenters. The molecule has 0 aliphatic heterocycles. The normalized spacial score (nSPS) is 11.4. The molecule has 3 nitrogen and oxygen atoms in total. The smallest absolute Gasteiger partial charge is 0.310 e. The summed E-state index contributed by atoms with van der Waals surface area (Å²) in [6, 6.07) is 0. The molecule has 0 aromatic rings. The van der Waals surface area contributed by atoms with Gasteiger partial charge in [0.1, 0.15) is 6.10 Å². The molecule has 0 aromatic carbocycles. The van der Waals surface area contributed by atoms with Gasteiger partial charge in [0.05, 0.1) is 6.26 Å². The number of aliphatic hydroxyl groups excluding tert-OH is 1. The fourth-order valence-electron chi connectivity index (χ4n) is 0.842. The van der Waals surface area contributed by atoms with E-state index in [4.69, 9.17) is 11.5 Å². The lowest BCUT2D eigenvalue weighted by Gasteiger charge is -2.02. The van der Waals surface area contributed by atoms with E-state index in [-0.39, 0.29) is 5.97 Å². The van der Waals surface area contributed by atoms with Crippen molar-refractivity contribution in [2.75, 3.05) is 0 Å². The molecular weight excluding hydrogens is 168 g/mol. The summed E-state index contributed by atoms with van der Waals surface area (Å²) in [5, 5.41) is 8.96. The summed E-state index contributed by atoms with van der Waals surface area (Å²) in [6.07, 6.45) is 7.62. The molecule has 0 bridgehead atoms. The molecule has 72 valence electrons. The zero-order chi connectivity index (χ0) is 10.1. The van der Waals surface area contributed by atoms with Crippen molar-refractivity contribution in [1.82, 2.24) is 0 Å². The van der Waals surface area contributed by atoms with Crippen molar-refractivity contribution in [1.29, 1.82) is 0 Å². The number of carbonyl (C=O) groups is 1. The van der Waals surface area contributed by atoms with Crippen LogP contribution in [0.4, 0.5) is 0 Å². The van der Waals surface area contributed by atoms with E-state index >= 15 is 0 Å². The average Bonchev–Trinajstić information content (AvgIpc) is 2.12. The maximum atomic E-state index is 10.8. The van der Waals surface area contributed by atoms with E-state index in [1.807, 2.05) is 0 Å². The van der Waals surface area contributed by atoms with E-state index in [9.17, 15) is 4.79 Å². The van der Waals surface area contributed by atoms with E-state index in [0.29, 0.717) is 19.3 Å². The lowest BCUT2D eigenvalue weighted by molar-refractivity contribution is -0.138. The number of aliphatic hydroxyl groups is 1. The lowest BCUT2D eigenvalue weighted by atomic mass is 10.1. The minimum absolute atomic E-state index is 0.301. The summed E-state index contributed by atoms with van der Waals surface area (Å²) in [5.41, 5.74) is 0. The molecule has 0 fully saturated rings. The number of esters is 1. The fraction of sp³-hybridized carbons (Fsp3) is 0.500. The number of hydrogen-bond acceptors (Lipinski definition) is 3. The van der Waals surface area contributed by atoms with Crippen LogP contribution < -0.4 is 0 Å². The van der Waals surface area contributed by atoms with Gasteiger partial charge in [0.15, 0.2) is 0 Å². The predicted octanol–water partition coefficient (Wildman–Crippen LogP) is 1.23. The van der Waals surface area contributed by atoms with Crippen LogP contribution in [-0.4, -0.2) is 17.2 Å². The quantitative estimate of drug-likeness (QED) is 0.291. The first-order valence-electron chi connectivity index (χ1n) is 4.15. The molecule has 1 unspecified atom stereocenters. The van der Waals surface area contributed by atoms with E-state index in [1.54, 1.807) is 0 Å². The van der Waals surface area contributed by atoms with Gasteiger partial charge < -0.3 is 9.84 Å². The second kappa shape index (κ2) is 7.38. The zero-order valence-corrected chi connectivity index (χ0v) is 7.53. The number of rotatable bonds is 6. The molecule has 0 heterocycles. The first-order valence-corrected chi connectivity index (χ1v) is 4.15. The Morgan fingerprint density at radius 1 is 1.69 bits per heavy atom. The summed E-state index contributed by atoms with van der Waals surface area (Å²) < 4.78 is 4.50. The summed E-state index contributed by atoms with van der Waals surface area (Å²) >= 11 is 0. The number of unbranched alkanes of at least 4 members (excludes halogenated alkanes) is 1. The highest BCUT2D eigenvalue weighted by Gasteiger charge is 2.02. The molecule has 0 aromatic heterocycles. The Balaban J connectivity index is 3.31. The number of carbonyl (C=O) groups excluding carboxylic acids is 1. The van der Waals surface area contributed by atoms with Gasteiger partial charge in [-0.1, -0.05) is 12.5 Å². The monoisotopic (exact) mass is 182 g/mol. The van der Waals surface area contributed by atoms with Gasteiger partial charge in [0.2, 0.25) is 0 Å². The number of hydrogen-bond donors (Lipinski definition) is 1. The second-order valence-corrected chi connectivity index (χ2v) is 2.58. The maximum absolute atomic E-state index is 10.8. The highest BCUT2D eigenvalue weighted by atomic mass is 16.5. The van der Waals surface area contributed by atoms with Crippen LogP contribution in [0.15, 0.2) is 12.8 Å². The van der Waals surface area contributed by atoms with E-state index in [2.05, 4.69) is 17.2 Å². The van der Waals surface area contributed by atoms with Crippen molar-refractivity contribution < 1.29 is 14.6 Å². The molecule has 0 radical (unpaired) electrons. The highest BCUT2D eigenvalue weighted by molar-refractivity contribution is 5.69. The molecule has 0 aliphatic rings. The Bertz CT molecular complexity index is 203. The van der Waals surface area contributed by atoms with Crippen LogP contribution in [0, 0.1) is 12.3 Å². The Morgan fingerprint density at radius 2 is 2.38 bits per heavy atom. The highest BCUT2D eigenvalue weighted by Crippen LogP contribution is 2.04. The molecule has 1 N–H and O–H groups in total. The SMILES string of the molecule is C#CC(O)CCCCC(=O)OC=C. The van der Waals surface area contributed by atoms with Crippen molar-refractivity contribution in [3.05, 3.63) is 12.8 Å². The summed E-state index contributed by atoms with van der Waals surface area (Å²) in [6.45, 7) is 3.26. The van der Waals surface area contributed by atoms with Crippen molar-refractivity contribution in [2.45, 2.75) is 31.8 Å². The van der Waals surface area contributed by atoms with Crippen LogP contribution in [0.5, 0.6) is 0 Å². The van der Waals surface area contributed by atoms with Crippen LogP contribution in [-0.2, 0) is 9.53 Å². The maximum Gasteiger partial charge on any atom is 0.310 e. The minimum atomic E-state index is -0.699. The van der Waals surface area contributed by atoms with Crippen molar-refractivity contribution in [3.8, 4) is 12.3 Å². The van der Waals surface area contributed by atoms with E-state index < -0.39 is 6.10 Å². The van der Waals surface area contributed by atoms with Gasteiger partial charge in [-0.2, -0.15) is 0 Å². The second-order valence-electron chi connectivity index (χ2n) is 2.58. The Labute approximate surface area is 78.4 Å². The molecule has 3 heteroatoms. The van der Waals surface area contributed by atoms with Gasteiger partial charge in [-0.3, -0.25) is 4.79 Å². The summed E-state index contributed by atoms with van der Waals surface area (Å²) in [7, 11) is 0. The van der Waals surface area contributed by atoms with E-state index in [0.717, 1.165) is 12.7 Å². The summed E-state index contributed by atoms with van der Waals surface area (Å²) in [5.74, 6) is 1.90. The zero-order valence-electron chi connectivity index (χ0n) is 7.53. The molecule has 13 heavy (non-hydrogen) atoms. The van der Waals surface area contributed by atoms with Crippen molar-refractivity contribution in [2.24, 2.45) is 0 Å². The third kappa shape index (κ3) is 7.10. The van der Waals surface area contributed by atoms with Gasteiger partial charge in [-0.15, -0.1) is 6.42 Å². The van der Waals surface area contributed by atoms with Crippen LogP contribution in [0.25, 0.3) is 0 Å². The standard InChI is InChI=1S/C10H14O3/c1-3-9(11)7-5-6-8-10(12)13-4-2/h1,4,9,11H,2,5-8H2. The Kier molecular flexibility index (Phi) is 6.66. The van der Waals surface area contributed by atoms with Gasteiger partial charge in [-0.05, 0) is 19.3 Å². The number of terminal acetylenes is 1. The largest absolute Gasteiger partial charge is 0.435 e. The van der Waals surface area contributed by atoms with Gasteiger partial charge in [0, 0.05) is 6.42 Å². The first-order chi connectivity index (χ1) is 6.20. The third-order valence-corrected chi connectivity index (χ3v) is 1.52. The molecule has 0 saturated carbocycles. The average molecular weight is 182 g/mol. The first kappa shape index (κ1) is 11.7. The third-order valence-electron chi connectivity index (χ3n) is 1.52. The minimum Gasteiger partial charge on any atom is -0.435 e. The topological polar surface area (TPSA) is 46.5 Å². The lowest BCUT2D eigenvalue weighted by Crippen LogP contribution is -2.03. The van der Waals surface area contributed by atoms with Crippen LogP contribution in [0.3, 0.4) is 0 Å². The van der Waals surface area contributed by atoms with Crippen LogP contribution >= 0.6 is 0 Å². The molecule has 0 rings (SSSR count). The Hall–Kier alpha value is -1.27. The van der Waals surface area contributed by atoms with Crippen molar-refractivity contribution in [3.63, 3.8) is 0 Å². The van der Waals surface area contributed by atoms with Gasteiger partial charge >= 0.3 is 5.97 Å². The molecule has 0 aliphatic carbocycles. The molecule has 0 saturated heterocycles. The number of ether oxygens (including phenoxy) is 1. The molecule has 0 spiro atoms. The molecule has 0 amide bonds. The molecular formula is C10H14O3. The van der Waals surface area contributed by atoms with Gasteiger partial charge in [0.25, 0.3) is 0 Å². The van der Waals surface area contributed by atoms with Crippen LogP contribution in [0.2, 0.25) is 0 Å².